The largest absolute Gasteiger partial charge is 0.329 e. The summed E-state index contributed by atoms with van der Waals surface area (Å²) in [5, 5.41) is 0. The van der Waals surface area contributed by atoms with Crippen LogP contribution in [0.5, 0.6) is 0 Å². The van der Waals surface area contributed by atoms with Gasteiger partial charge in [-0.3, -0.25) is 0 Å². The Morgan fingerprint density at radius 3 is 2.47 bits per heavy atom. The third kappa shape index (κ3) is 3.40. The third-order valence-electron chi connectivity index (χ3n) is 2.80. The van der Waals surface area contributed by atoms with Gasteiger partial charge < -0.3 is 11.5 Å². The van der Waals surface area contributed by atoms with Crippen LogP contribution in [0.1, 0.15) is 21.4 Å². The first-order valence-electron chi connectivity index (χ1n) is 5.88. The number of thiophene rings is 1. The summed E-state index contributed by atoms with van der Waals surface area (Å²) >= 11 is 1.78. The van der Waals surface area contributed by atoms with Gasteiger partial charge in [0.1, 0.15) is 0 Å². The third-order valence-corrected chi connectivity index (χ3v) is 4.08. The smallest absolute Gasteiger partial charge is 0.0514 e. The second-order valence-corrected chi connectivity index (χ2v) is 5.33. The Kier molecular flexibility index (Phi) is 4.31. The van der Waals surface area contributed by atoms with E-state index in [9.17, 15) is 0 Å². The summed E-state index contributed by atoms with van der Waals surface area (Å²) in [7, 11) is 0. The number of benzene rings is 1. The van der Waals surface area contributed by atoms with Crippen LogP contribution in [0.25, 0.3) is 0 Å². The summed E-state index contributed by atoms with van der Waals surface area (Å²) in [5.74, 6) is 0. The minimum Gasteiger partial charge on any atom is -0.329 e. The van der Waals surface area contributed by atoms with Gasteiger partial charge in [0, 0.05) is 16.3 Å². The van der Waals surface area contributed by atoms with Crippen LogP contribution in [-0.4, -0.2) is 6.54 Å². The Balaban J connectivity index is 1.94. The molecule has 0 spiro atoms. The highest BCUT2D eigenvalue weighted by molar-refractivity contribution is 7.12. The van der Waals surface area contributed by atoms with Crippen LogP contribution in [0.15, 0.2) is 42.5 Å². The molecule has 0 aliphatic rings. The number of nitrogens with two attached hydrogens (primary N) is 2. The van der Waals surface area contributed by atoms with E-state index in [4.69, 9.17) is 11.5 Å². The zero-order valence-electron chi connectivity index (χ0n) is 9.80. The van der Waals surface area contributed by atoms with E-state index < -0.39 is 0 Å². The highest BCUT2D eigenvalue weighted by atomic mass is 32.1. The molecule has 0 saturated carbocycles. The predicted molar refractivity (Wildman–Crippen MR) is 74.2 cm³/mol. The standard InChI is InChI=1S/C14H18N2S/c15-10-13(16)14-9-8-12(17-14)7-6-11-4-2-1-3-5-11/h1-5,8-9,13H,6-7,10,15-16H2. The summed E-state index contributed by atoms with van der Waals surface area (Å²) in [6.45, 7) is 0.513. The van der Waals surface area contributed by atoms with E-state index in [2.05, 4.69) is 36.4 Å². The highest BCUT2D eigenvalue weighted by Crippen LogP contribution is 2.22. The van der Waals surface area contributed by atoms with E-state index in [-0.39, 0.29) is 6.04 Å². The molecule has 0 aliphatic heterocycles. The van der Waals surface area contributed by atoms with Gasteiger partial charge >= 0.3 is 0 Å². The maximum absolute atomic E-state index is 5.90. The van der Waals surface area contributed by atoms with E-state index in [1.54, 1.807) is 11.3 Å². The lowest BCUT2D eigenvalue weighted by Gasteiger charge is -2.04. The van der Waals surface area contributed by atoms with Crippen LogP contribution < -0.4 is 11.5 Å². The Morgan fingerprint density at radius 1 is 1.00 bits per heavy atom. The highest BCUT2D eigenvalue weighted by Gasteiger charge is 2.07. The molecule has 0 saturated heterocycles. The van der Waals surface area contributed by atoms with Crippen molar-refractivity contribution in [1.82, 2.24) is 0 Å². The topological polar surface area (TPSA) is 52.0 Å². The van der Waals surface area contributed by atoms with Crippen molar-refractivity contribution in [3.05, 3.63) is 57.8 Å². The number of rotatable bonds is 5. The van der Waals surface area contributed by atoms with Crippen molar-refractivity contribution >= 4 is 11.3 Å². The summed E-state index contributed by atoms with van der Waals surface area (Å²) in [6, 6.07) is 14.8. The van der Waals surface area contributed by atoms with Gasteiger partial charge in [-0.2, -0.15) is 0 Å². The SMILES string of the molecule is NCC(N)c1ccc(CCc2ccccc2)s1. The fraction of sp³-hybridized carbons (Fsp3) is 0.286. The van der Waals surface area contributed by atoms with Crippen molar-refractivity contribution in [3.8, 4) is 0 Å². The van der Waals surface area contributed by atoms with Gasteiger partial charge in [-0.05, 0) is 30.5 Å². The maximum Gasteiger partial charge on any atom is 0.0514 e. The number of hydrogen-bond donors (Lipinski definition) is 2. The summed E-state index contributed by atoms with van der Waals surface area (Å²) < 4.78 is 0. The molecule has 1 atom stereocenters. The molecule has 0 amide bonds. The summed E-state index contributed by atoms with van der Waals surface area (Å²) in [5.41, 5.74) is 12.8. The predicted octanol–water partition coefficient (Wildman–Crippen LogP) is 2.49. The molecule has 2 nitrogen and oxygen atoms in total. The Hall–Kier alpha value is -1.16. The van der Waals surface area contributed by atoms with E-state index >= 15 is 0 Å². The second-order valence-electron chi connectivity index (χ2n) is 4.13. The number of hydrogen-bond acceptors (Lipinski definition) is 3. The van der Waals surface area contributed by atoms with Gasteiger partial charge in [0.2, 0.25) is 0 Å². The minimum atomic E-state index is -0.00882. The zero-order valence-corrected chi connectivity index (χ0v) is 10.6. The first kappa shape index (κ1) is 12.3. The van der Waals surface area contributed by atoms with Gasteiger partial charge in [-0.15, -0.1) is 11.3 Å². The molecular formula is C14H18N2S. The van der Waals surface area contributed by atoms with Gasteiger partial charge in [0.05, 0.1) is 6.04 Å². The average molecular weight is 246 g/mol. The Labute approximate surface area is 106 Å². The Morgan fingerprint density at radius 2 is 1.76 bits per heavy atom. The lowest BCUT2D eigenvalue weighted by molar-refractivity contribution is 0.752. The van der Waals surface area contributed by atoms with Crippen molar-refractivity contribution in [2.45, 2.75) is 18.9 Å². The molecular weight excluding hydrogens is 228 g/mol. The average Bonchev–Trinajstić information content (AvgIpc) is 2.85. The van der Waals surface area contributed by atoms with E-state index in [1.807, 2.05) is 6.07 Å². The van der Waals surface area contributed by atoms with Crippen molar-refractivity contribution in [1.29, 1.82) is 0 Å². The molecule has 1 unspecified atom stereocenters. The molecule has 4 N–H and O–H groups in total. The van der Waals surface area contributed by atoms with Crippen molar-refractivity contribution in [3.63, 3.8) is 0 Å². The van der Waals surface area contributed by atoms with Crippen molar-refractivity contribution < 1.29 is 0 Å². The fourth-order valence-corrected chi connectivity index (χ4v) is 2.78. The van der Waals surface area contributed by atoms with Crippen LogP contribution in [-0.2, 0) is 12.8 Å². The summed E-state index contributed by atoms with van der Waals surface area (Å²) in [4.78, 5) is 2.57. The molecule has 90 valence electrons. The lowest BCUT2D eigenvalue weighted by atomic mass is 10.1. The molecule has 0 radical (unpaired) electrons. The van der Waals surface area contributed by atoms with Gasteiger partial charge in [-0.1, -0.05) is 30.3 Å². The summed E-state index contributed by atoms with van der Waals surface area (Å²) in [6.07, 6.45) is 2.16. The van der Waals surface area contributed by atoms with Crippen LogP contribution in [0.2, 0.25) is 0 Å². The lowest BCUT2D eigenvalue weighted by Crippen LogP contribution is -2.19. The molecule has 17 heavy (non-hydrogen) atoms. The molecule has 1 aromatic heterocycles. The van der Waals surface area contributed by atoms with E-state index in [1.165, 1.54) is 15.3 Å². The van der Waals surface area contributed by atoms with E-state index in [0.29, 0.717) is 6.54 Å². The molecule has 1 aromatic carbocycles. The molecule has 2 aromatic rings. The van der Waals surface area contributed by atoms with Crippen molar-refractivity contribution in [2.75, 3.05) is 6.54 Å². The molecule has 3 heteroatoms. The molecule has 1 heterocycles. The fourth-order valence-electron chi connectivity index (χ4n) is 1.76. The first-order chi connectivity index (χ1) is 8.29. The van der Waals surface area contributed by atoms with E-state index in [0.717, 1.165) is 12.8 Å². The molecule has 0 aliphatic carbocycles. The minimum absolute atomic E-state index is 0.00882. The quantitative estimate of drug-likeness (QED) is 0.851. The first-order valence-corrected chi connectivity index (χ1v) is 6.69. The Bertz CT molecular complexity index is 450. The van der Waals surface area contributed by atoms with Crippen LogP contribution in [0.4, 0.5) is 0 Å². The second kappa shape index (κ2) is 5.96. The van der Waals surface area contributed by atoms with Gasteiger partial charge in [0.15, 0.2) is 0 Å². The maximum atomic E-state index is 5.90. The normalized spacial score (nSPS) is 12.6. The van der Waals surface area contributed by atoms with Crippen molar-refractivity contribution in [2.24, 2.45) is 11.5 Å². The van der Waals surface area contributed by atoms with Crippen LogP contribution in [0.3, 0.4) is 0 Å². The molecule has 0 fully saturated rings. The van der Waals surface area contributed by atoms with Gasteiger partial charge in [-0.25, -0.2) is 0 Å². The monoisotopic (exact) mass is 246 g/mol. The molecule has 2 rings (SSSR count). The van der Waals surface area contributed by atoms with Crippen LogP contribution >= 0.6 is 11.3 Å². The van der Waals surface area contributed by atoms with Gasteiger partial charge in [0.25, 0.3) is 0 Å². The zero-order chi connectivity index (χ0) is 12.1. The van der Waals surface area contributed by atoms with Crippen LogP contribution in [0, 0.1) is 0 Å². The molecule has 0 bridgehead atoms. The number of aryl methyl sites for hydroxylation is 2.